The fourth-order valence-electron chi connectivity index (χ4n) is 5.78. The van der Waals surface area contributed by atoms with E-state index in [9.17, 15) is 4.79 Å². The van der Waals surface area contributed by atoms with Crippen LogP contribution in [0, 0.1) is 5.92 Å². The molecule has 3 nitrogen and oxygen atoms in total. The third kappa shape index (κ3) is 3.53. The first-order chi connectivity index (χ1) is 16.2. The minimum absolute atomic E-state index is 0.151. The Hall–Kier alpha value is -3.43. The lowest BCUT2D eigenvalue weighted by molar-refractivity contribution is -0.136. The van der Waals surface area contributed by atoms with Crippen LogP contribution in [0.15, 0.2) is 115 Å². The molecule has 3 aromatic rings. The maximum atomic E-state index is 12.5. The van der Waals surface area contributed by atoms with E-state index in [4.69, 9.17) is 4.74 Å². The van der Waals surface area contributed by atoms with Crippen molar-refractivity contribution in [2.45, 2.75) is 30.5 Å². The Morgan fingerprint density at radius 1 is 0.939 bits per heavy atom. The molecule has 3 heteroatoms. The predicted octanol–water partition coefficient (Wildman–Crippen LogP) is 5.73. The minimum atomic E-state index is -0.472. The van der Waals surface area contributed by atoms with Crippen LogP contribution < -0.4 is 0 Å². The van der Waals surface area contributed by atoms with Crippen LogP contribution in [0.25, 0.3) is 0 Å². The SMILES string of the molecule is C=CC[C@H]1CC(C(=O)OC)=CC2[C@@H]1N2C(c1ccccc1)(c1ccccc1)c1ccccc1. The molecule has 0 amide bonds. The van der Waals surface area contributed by atoms with E-state index in [0.29, 0.717) is 18.4 Å². The first-order valence-electron chi connectivity index (χ1n) is 11.6. The minimum Gasteiger partial charge on any atom is -0.466 e. The molecule has 0 spiro atoms. The van der Waals surface area contributed by atoms with Gasteiger partial charge in [0.1, 0.15) is 0 Å². The van der Waals surface area contributed by atoms with Crippen molar-refractivity contribution >= 4 is 5.97 Å². The molecule has 2 aliphatic rings. The average molecular weight is 436 g/mol. The van der Waals surface area contributed by atoms with Crippen molar-refractivity contribution in [3.8, 4) is 0 Å². The zero-order valence-electron chi connectivity index (χ0n) is 18.9. The summed E-state index contributed by atoms with van der Waals surface area (Å²) in [6.07, 6.45) is 5.69. The average Bonchev–Trinajstić information content (AvgIpc) is 3.61. The van der Waals surface area contributed by atoms with Crippen molar-refractivity contribution in [1.82, 2.24) is 4.90 Å². The van der Waals surface area contributed by atoms with Gasteiger partial charge >= 0.3 is 5.97 Å². The van der Waals surface area contributed by atoms with Gasteiger partial charge in [-0.3, -0.25) is 4.90 Å². The van der Waals surface area contributed by atoms with Gasteiger partial charge < -0.3 is 4.74 Å². The summed E-state index contributed by atoms with van der Waals surface area (Å²) >= 11 is 0. The van der Waals surface area contributed by atoms with Crippen molar-refractivity contribution in [2.24, 2.45) is 5.92 Å². The molecule has 0 N–H and O–H groups in total. The Morgan fingerprint density at radius 3 is 1.85 bits per heavy atom. The van der Waals surface area contributed by atoms with E-state index in [-0.39, 0.29) is 12.0 Å². The topological polar surface area (TPSA) is 29.3 Å². The van der Waals surface area contributed by atoms with Crippen molar-refractivity contribution in [2.75, 3.05) is 7.11 Å². The van der Waals surface area contributed by atoms with Gasteiger partial charge in [-0.25, -0.2) is 4.79 Å². The van der Waals surface area contributed by atoms with Gasteiger partial charge in [0, 0.05) is 17.7 Å². The largest absolute Gasteiger partial charge is 0.466 e. The third-order valence-electron chi connectivity index (χ3n) is 7.12. The van der Waals surface area contributed by atoms with Crippen molar-refractivity contribution in [3.05, 3.63) is 132 Å². The highest BCUT2D eigenvalue weighted by atomic mass is 16.5. The quantitative estimate of drug-likeness (QED) is 0.206. The molecule has 1 saturated heterocycles. The number of nitrogens with zero attached hydrogens (tertiary/aromatic N) is 1. The number of allylic oxidation sites excluding steroid dienone is 1. The first kappa shape index (κ1) is 21.4. The molecule has 2 unspecified atom stereocenters. The number of ether oxygens (including phenoxy) is 1. The van der Waals surface area contributed by atoms with Gasteiger partial charge in [0.05, 0.1) is 12.6 Å². The molecule has 166 valence electrons. The van der Waals surface area contributed by atoms with E-state index in [1.807, 2.05) is 6.08 Å². The highest BCUT2D eigenvalue weighted by Crippen LogP contribution is 2.56. The molecule has 3 aromatic carbocycles. The van der Waals surface area contributed by atoms with E-state index in [2.05, 4.69) is 109 Å². The molecule has 33 heavy (non-hydrogen) atoms. The standard InChI is InChI=1S/C30H29NO2/c1-3-13-22-20-23(29(32)33-2)21-27-28(22)31(27)30(24-14-7-4-8-15-24,25-16-9-5-10-17-25)26-18-11-6-12-19-26/h3-12,14-19,21-22,27-28H,1,13,20H2,2H3/t22-,27?,28+,31?/m0/s1. The fourth-order valence-corrected chi connectivity index (χ4v) is 5.78. The van der Waals surface area contributed by atoms with Gasteiger partial charge in [0.25, 0.3) is 0 Å². The molecule has 0 saturated carbocycles. The first-order valence-corrected chi connectivity index (χ1v) is 11.6. The number of hydrogen-bond donors (Lipinski definition) is 0. The summed E-state index contributed by atoms with van der Waals surface area (Å²) in [7, 11) is 1.46. The van der Waals surface area contributed by atoms with E-state index in [1.54, 1.807) is 0 Å². The lowest BCUT2D eigenvalue weighted by Crippen LogP contribution is -2.40. The van der Waals surface area contributed by atoms with Crippen LogP contribution in [0.5, 0.6) is 0 Å². The number of benzene rings is 3. The molecule has 4 atom stereocenters. The summed E-state index contributed by atoms with van der Waals surface area (Å²) in [4.78, 5) is 15.1. The Labute approximate surface area is 196 Å². The number of methoxy groups -OCH3 is 1. The summed E-state index contributed by atoms with van der Waals surface area (Å²) in [6, 6.07) is 32.6. The van der Waals surface area contributed by atoms with Gasteiger partial charge in [0.2, 0.25) is 0 Å². The number of carbonyl (C=O) groups is 1. The van der Waals surface area contributed by atoms with Gasteiger partial charge in [-0.05, 0) is 35.4 Å². The van der Waals surface area contributed by atoms with Crippen LogP contribution in [0.1, 0.15) is 29.5 Å². The molecular weight excluding hydrogens is 406 g/mol. The van der Waals surface area contributed by atoms with E-state index in [1.165, 1.54) is 23.8 Å². The summed E-state index contributed by atoms with van der Waals surface area (Å²) < 4.78 is 5.11. The summed E-state index contributed by atoms with van der Waals surface area (Å²) in [5.41, 5.74) is 3.98. The smallest absolute Gasteiger partial charge is 0.333 e. The maximum Gasteiger partial charge on any atom is 0.333 e. The molecule has 0 bridgehead atoms. The molecule has 0 aromatic heterocycles. The molecule has 1 heterocycles. The van der Waals surface area contributed by atoms with Gasteiger partial charge in [-0.2, -0.15) is 0 Å². The highest BCUT2D eigenvalue weighted by Gasteiger charge is 2.63. The van der Waals surface area contributed by atoms with E-state index in [0.717, 1.165) is 12.0 Å². The van der Waals surface area contributed by atoms with Crippen LogP contribution in [0.4, 0.5) is 0 Å². The third-order valence-corrected chi connectivity index (χ3v) is 7.12. The molecule has 1 fully saturated rings. The van der Waals surface area contributed by atoms with E-state index < -0.39 is 5.54 Å². The lowest BCUT2D eigenvalue weighted by atomic mass is 9.76. The number of hydrogen-bond acceptors (Lipinski definition) is 3. The second kappa shape index (κ2) is 8.84. The van der Waals surface area contributed by atoms with Gasteiger partial charge in [-0.1, -0.05) is 103 Å². The maximum absolute atomic E-state index is 12.5. The second-order valence-corrected chi connectivity index (χ2v) is 8.87. The van der Waals surface area contributed by atoms with Crippen molar-refractivity contribution in [3.63, 3.8) is 0 Å². The Morgan fingerprint density at radius 2 is 1.42 bits per heavy atom. The number of rotatable bonds is 7. The summed E-state index contributed by atoms with van der Waals surface area (Å²) in [6.45, 7) is 4.01. The number of esters is 1. The Bertz CT molecular complexity index is 1060. The van der Waals surface area contributed by atoms with Crippen LogP contribution in [-0.4, -0.2) is 30.1 Å². The lowest BCUT2D eigenvalue weighted by Gasteiger charge is -2.39. The molecule has 5 rings (SSSR count). The predicted molar refractivity (Wildman–Crippen MR) is 132 cm³/mol. The monoisotopic (exact) mass is 435 g/mol. The summed E-state index contributed by atoms with van der Waals surface area (Å²) in [5.74, 6) is 0.0845. The normalized spacial score (nSPS) is 23.7. The van der Waals surface area contributed by atoms with Crippen LogP contribution in [-0.2, 0) is 15.1 Å². The fraction of sp³-hybridized carbons (Fsp3) is 0.233. The molecule has 0 radical (unpaired) electrons. The van der Waals surface area contributed by atoms with Gasteiger partial charge in [-0.15, -0.1) is 6.58 Å². The zero-order chi connectivity index (χ0) is 22.8. The zero-order valence-corrected chi connectivity index (χ0v) is 18.9. The van der Waals surface area contributed by atoms with E-state index >= 15 is 0 Å². The van der Waals surface area contributed by atoms with Crippen LogP contribution >= 0.6 is 0 Å². The number of carbonyl (C=O) groups excluding carboxylic acids is 1. The van der Waals surface area contributed by atoms with Crippen molar-refractivity contribution in [1.29, 1.82) is 0 Å². The van der Waals surface area contributed by atoms with Gasteiger partial charge in [0.15, 0.2) is 0 Å². The number of fused-ring (bicyclic) bond motifs is 1. The second-order valence-electron chi connectivity index (χ2n) is 8.87. The van der Waals surface area contributed by atoms with Crippen molar-refractivity contribution < 1.29 is 9.53 Å². The Kier molecular flexibility index (Phi) is 5.74. The van der Waals surface area contributed by atoms with Crippen LogP contribution in [0.3, 0.4) is 0 Å². The molecule has 1 aliphatic heterocycles. The highest BCUT2D eigenvalue weighted by molar-refractivity contribution is 5.89. The van der Waals surface area contributed by atoms with Crippen LogP contribution in [0.2, 0.25) is 0 Å². The molecule has 1 aliphatic carbocycles. The summed E-state index contributed by atoms with van der Waals surface area (Å²) in [5, 5.41) is 0. The Balaban J connectivity index is 1.75. The molecular formula is C30H29NO2.